The third-order valence-corrected chi connectivity index (χ3v) is 3.01. The molecule has 0 aliphatic carbocycles. The molecule has 0 aliphatic rings. The van der Waals surface area contributed by atoms with Crippen molar-refractivity contribution >= 4 is 16.1 Å². The van der Waals surface area contributed by atoms with Crippen LogP contribution in [0, 0.1) is 0 Å². The summed E-state index contributed by atoms with van der Waals surface area (Å²) in [7, 11) is -3.53. The Bertz CT molecular complexity index is 146. The van der Waals surface area contributed by atoms with Crippen LogP contribution in [0.25, 0.3) is 0 Å². The molecular weight excluding hydrogens is 174 g/mol. The van der Waals surface area contributed by atoms with E-state index in [9.17, 15) is 9.13 Å². The third-order valence-electron chi connectivity index (χ3n) is 0.805. The first-order valence-electron chi connectivity index (χ1n) is 2.88. The highest BCUT2D eigenvalue weighted by Gasteiger charge is 2.16. The van der Waals surface area contributed by atoms with Crippen molar-refractivity contribution in [1.82, 2.24) is 0 Å². The molecule has 0 saturated carbocycles. The van der Waals surface area contributed by atoms with Crippen molar-refractivity contribution < 1.29 is 18.5 Å². The first-order valence-corrected chi connectivity index (χ1v) is 5.64. The Kier molecular flexibility index (Phi) is 5.10. The topological polar surface area (TPSA) is 63.6 Å². The minimum Gasteiger partial charge on any atom is -0.324 e. The van der Waals surface area contributed by atoms with Crippen molar-refractivity contribution in [2.75, 3.05) is 18.9 Å². The van der Waals surface area contributed by atoms with Gasteiger partial charge in [-0.25, -0.2) is 0 Å². The van der Waals surface area contributed by atoms with E-state index in [0.717, 1.165) is 0 Å². The van der Waals surface area contributed by atoms with Gasteiger partial charge in [-0.05, 0) is 6.92 Å². The number of rotatable bonds is 5. The van der Waals surface area contributed by atoms with Crippen molar-refractivity contribution in [3.63, 3.8) is 0 Å². The summed E-state index contributed by atoms with van der Waals surface area (Å²) < 4.78 is 25.1. The Morgan fingerprint density at radius 1 is 1.70 bits per heavy atom. The largest absolute Gasteiger partial charge is 0.328 e. The van der Waals surface area contributed by atoms with Crippen LogP contribution in [0.4, 0.5) is 0 Å². The highest BCUT2D eigenvalue weighted by molar-refractivity contribution is 7.53. The Morgan fingerprint density at radius 3 is 2.70 bits per heavy atom. The molecule has 0 aromatic rings. The molecule has 0 bridgehead atoms. The molecule has 0 rings (SSSR count). The second-order valence-corrected chi connectivity index (χ2v) is 4.32. The molecule has 0 aliphatic heterocycles. The van der Waals surface area contributed by atoms with Crippen LogP contribution in [-0.2, 0) is 13.7 Å². The molecule has 0 fully saturated rings. The molecule has 0 saturated heterocycles. The average molecular weight is 184 g/mol. The molecule has 0 aromatic heterocycles. The van der Waals surface area contributed by atoms with Gasteiger partial charge in [0.05, 0.1) is 12.8 Å². The van der Waals surface area contributed by atoms with Gasteiger partial charge in [-0.3, -0.25) is 9.13 Å². The van der Waals surface area contributed by atoms with Gasteiger partial charge in [0.1, 0.15) is 0 Å². The van der Waals surface area contributed by atoms with Gasteiger partial charge in [-0.1, -0.05) is 0 Å². The van der Waals surface area contributed by atoms with Crippen LogP contribution in [0.15, 0.2) is 0 Å². The van der Waals surface area contributed by atoms with Gasteiger partial charge in [0.25, 0.3) is 0 Å². The van der Waals surface area contributed by atoms with Gasteiger partial charge in [-0.2, -0.15) is 0 Å². The summed E-state index contributed by atoms with van der Waals surface area (Å²) in [5.41, 5.74) is 0. The van der Waals surface area contributed by atoms with E-state index in [1.165, 1.54) is 0 Å². The first kappa shape index (κ1) is 10.2. The fraction of sp³-hybridized carbons (Fsp3) is 1.00. The zero-order valence-electron chi connectivity index (χ0n) is 5.69. The molecule has 1 atom stereocenters. The highest BCUT2D eigenvalue weighted by Crippen LogP contribution is 2.41. The van der Waals surface area contributed by atoms with E-state index in [1.807, 2.05) is 0 Å². The monoisotopic (exact) mass is 184 g/mol. The SMILES string of the molecule is CCOP(=O)(O)CCP=O. The van der Waals surface area contributed by atoms with Crippen LogP contribution in [-0.4, -0.2) is 23.8 Å². The van der Waals surface area contributed by atoms with Crippen molar-refractivity contribution in [2.45, 2.75) is 6.92 Å². The Morgan fingerprint density at radius 2 is 2.30 bits per heavy atom. The summed E-state index contributed by atoms with van der Waals surface area (Å²) in [6.45, 7) is 1.85. The summed E-state index contributed by atoms with van der Waals surface area (Å²) >= 11 is 0. The van der Waals surface area contributed by atoms with E-state index in [4.69, 9.17) is 4.89 Å². The van der Waals surface area contributed by atoms with Gasteiger partial charge in [0.15, 0.2) is 8.46 Å². The predicted octanol–water partition coefficient (Wildman–Crippen LogP) is 1.50. The quantitative estimate of drug-likeness (QED) is 0.657. The molecule has 0 heterocycles. The summed E-state index contributed by atoms with van der Waals surface area (Å²) in [5.74, 6) is 0. The molecule has 0 amide bonds. The van der Waals surface area contributed by atoms with E-state index < -0.39 is 7.60 Å². The molecule has 0 aromatic carbocycles. The van der Waals surface area contributed by atoms with Crippen LogP contribution in [0.2, 0.25) is 0 Å². The van der Waals surface area contributed by atoms with Gasteiger partial charge >= 0.3 is 7.60 Å². The summed E-state index contributed by atoms with van der Waals surface area (Å²) in [6, 6.07) is 0. The van der Waals surface area contributed by atoms with E-state index >= 15 is 0 Å². The Balaban J connectivity index is 3.63. The van der Waals surface area contributed by atoms with Gasteiger partial charge < -0.3 is 9.42 Å². The second kappa shape index (κ2) is 4.97. The van der Waals surface area contributed by atoms with E-state index in [0.29, 0.717) is 0 Å². The van der Waals surface area contributed by atoms with Crippen molar-refractivity contribution in [3.05, 3.63) is 0 Å². The first-order chi connectivity index (χ1) is 4.62. The summed E-state index contributed by atoms with van der Waals surface area (Å²) in [6.07, 6.45) is 0.139. The lowest BCUT2D eigenvalue weighted by Crippen LogP contribution is -1.94. The van der Waals surface area contributed by atoms with Gasteiger partial charge in [0, 0.05) is 6.16 Å². The van der Waals surface area contributed by atoms with Crippen LogP contribution in [0.3, 0.4) is 0 Å². The fourth-order valence-corrected chi connectivity index (χ4v) is 2.30. The lowest BCUT2D eigenvalue weighted by molar-refractivity contribution is 0.275. The zero-order valence-corrected chi connectivity index (χ0v) is 7.48. The molecule has 1 unspecified atom stereocenters. The lowest BCUT2D eigenvalue weighted by Gasteiger charge is -2.06. The molecule has 60 valence electrons. The molecule has 0 radical (unpaired) electrons. The maximum atomic E-state index is 10.8. The molecular formula is C4H10O4P2. The number of hydrogen-bond acceptors (Lipinski definition) is 3. The second-order valence-electron chi connectivity index (χ2n) is 1.63. The van der Waals surface area contributed by atoms with Crippen LogP contribution in [0.5, 0.6) is 0 Å². The third kappa shape index (κ3) is 5.07. The zero-order chi connectivity index (χ0) is 8.04. The van der Waals surface area contributed by atoms with Crippen molar-refractivity contribution in [3.8, 4) is 0 Å². The Hall–Kier alpha value is 0.250. The maximum Gasteiger partial charge on any atom is 0.328 e. The smallest absolute Gasteiger partial charge is 0.324 e. The fourth-order valence-electron chi connectivity index (χ4n) is 0.433. The molecule has 6 heteroatoms. The molecule has 10 heavy (non-hydrogen) atoms. The number of hydrogen-bond donors (Lipinski definition) is 1. The molecule has 0 spiro atoms. The molecule has 1 N–H and O–H groups in total. The summed E-state index contributed by atoms with van der Waals surface area (Å²) in [5, 5.41) is 0. The van der Waals surface area contributed by atoms with E-state index in [1.54, 1.807) is 6.92 Å². The minimum atomic E-state index is -3.42. The van der Waals surface area contributed by atoms with Gasteiger partial charge in [0.2, 0.25) is 0 Å². The van der Waals surface area contributed by atoms with Crippen LogP contribution < -0.4 is 0 Å². The van der Waals surface area contributed by atoms with Gasteiger partial charge in [-0.15, -0.1) is 0 Å². The normalized spacial score (nSPS) is 17.0. The molecule has 4 nitrogen and oxygen atoms in total. The van der Waals surface area contributed by atoms with E-state index in [2.05, 4.69) is 4.52 Å². The predicted molar refractivity (Wildman–Crippen MR) is 38.8 cm³/mol. The Labute approximate surface area is 61.3 Å². The highest BCUT2D eigenvalue weighted by atomic mass is 31.2. The summed E-state index contributed by atoms with van der Waals surface area (Å²) in [4.78, 5) is 8.84. The van der Waals surface area contributed by atoms with E-state index in [-0.39, 0.29) is 27.4 Å². The standard InChI is InChI=1S/C4H10O4P2/c1-2-8-10(6,7)4-3-9-5/h2-4H2,1H3,(H,6,7). The maximum absolute atomic E-state index is 10.8. The van der Waals surface area contributed by atoms with Crippen molar-refractivity contribution in [1.29, 1.82) is 0 Å². The lowest BCUT2D eigenvalue weighted by atomic mass is 10.9. The van der Waals surface area contributed by atoms with Crippen LogP contribution in [0.1, 0.15) is 6.92 Å². The average Bonchev–Trinajstić information content (AvgIpc) is 1.84. The minimum absolute atomic E-state index is 0.0358. The van der Waals surface area contributed by atoms with Crippen LogP contribution >= 0.6 is 16.1 Å². The van der Waals surface area contributed by atoms with Crippen molar-refractivity contribution in [2.24, 2.45) is 0 Å².